The molecule has 7 nitrogen and oxygen atoms in total. The number of nitrogens with two attached hydrogens (primary N) is 2. The van der Waals surface area contributed by atoms with Gasteiger partial charge < -0.3 is 15.9 Å². The third-order valence-corrected chi connectivity index (χ3v) is 3.39. The Labute approximate surface area is 136 Å². The first-order valence-electron chi connectivity index (χ1n) is 7.07. The maximum Gasteiger partial charge on any atom is 0.273 e. The number of rotatable bonds is 3. The van der Waals surface area contributed by atoms with Gasteiger partial charge in [-0.2, -0.15) is 0 Å². The normalized spacial score (nSPS) is 11.4. The number of amides is 2. The minimum absolute atomic E-state index is 0.0648. The summed E-state index contributed by atoms with van der Waals surface area (Å²) in [4.78, 5) is 23.7. The van der Waals surface area contributed by atoms with Crippen molar-refractivity contribution in [3.8, 4) is 0 Å². The number of nitrogens with one attached hydrogen (secondary N) is 1. The third kappa shape index (κ3) is 2.95. The average molecular weight is 322 g/mol. The summed E-state index contributed by atoms with van der Waals surface area (Å²) >= 11 is 0. The van der Waals surface area contributed by atoms with Gasteiger partial charge in [-0.25, -0.2) is 5.43 Å². The number of benzene rings is 2. The smallest absolute Gasteiger partial charge is 0.273 e. The first-order valence-corrected chi connectivity index (χ1v) is 7.07. The highest BCUT2D eigenvalue weighted by Crippen LogP contribution is 2.12. The summed E-state index contributed by atoms with van der Waals surface area (Å²) in [5.74, 6) is -1.23. The molecule has 0 spiro atoms. The standard InChI is InChI=1S/C17H14N4O3/c18-13-7-3-2-6-11(13)16(23)20-21-17-12(15(19)22)9-10-5-1-4-8-14(10)24-17/h1-9H,18H2,(H2,19,22)(H,20,23)/b21-17-. The molecule has 120 valence electrons. The molecule has 1 aromatic heterocycles. The fourth-order valence-electron chi connectivity index (χ4n) is 2.19. The molecule has 0 unspecified atom stereocenters. The van der Waals surface area contributed by atoms with E-state index in [0.29, 0.717) is 16.7 Å². The van der Waals surface area contributed by atoms with Crippen LogP contribution in [0.25, 0.3) is 11.0 Å². The molecular weight excluding hydrogens is 308 g/mol. The number of hydrogen-bond acceptors (Lipinski definition) is 5. The van der Waals surface area contributed by atoms with Gasteiger partial charge in [-0.05, 0) is 24.3 Å². The minimum Gasteiger partial charge on any atom is -0.436 e. The summed E-state index contributed by atoms with van der Waals surface area (Å²) in [6.07, 6.45) is 0. The molecule has 0 fully saturated rings. The Kier molecular flexibility index (Phi) is 3.98. The topological polar surface area (TPSA) is 124 Å². The van der Waals surface area contributed by atoms with Gasteiger partial charge in [0, 0.05) is 11.1 Å². The van der Waals surface area contributed by atoms with Crippen molar-refractivity contribution in [1.82, 2.24) is 5.43 Å². The molecule has 2 aromatic carbocycles. The van der Waals surface area contributed by atoms with Crippen molar-refractivity contribution >= 4 is 28.5 Å². The van der Waals surface area contributed by atoms with Crippen LogP contribution in [0.3, 0.4) is 0 Å². The van der Waals surface area contributed by atoms with Crippen molar-refractivity contribution in [2.75, 3.05) is 5.73 Å². The molecule has 5 N–H and O–H groups in total. The van der Waals surface area contributed by atoms with Gasteiger partial charge in [-0.15, -0.1) is 5.10 Å². The second-order valence-corrected chi connectivity index (χ2v) is 5.01. The molecule has 0 bridgehead atoms. The summed E-state index contributed by atoms with van der Waals surface area (Å²) in [6.45, 7) is 0. The van der Waals surface area contributed by atoms with Gasteiger partial charge in [-0.1, -0.05) is 30.3 Å². The zero-order valence-electron chi connectivity index (χ0n) is 12.5. The van der Waals surface area contributed by atoms with Gasteiger partial charge in [0.15, 0.2) is 0 Å². The lowest BCUT2D eigenvalue weighted by molar-refractivity contribution is 0.0947. The van der Waals surface area contributed by atoms with Crippen LogP contribution in [0.15, 0.2) is 64.1 Å². The molecule has 3 rings (SSSR count). The van der Waals surface area contributed by atoms with E-state index in [1.165, 1.54) is 0 Å². The van der Waals surface area contributed by atoms with Crippen LogP contribution in [0, 0.1) is 0 Å². The molecule has 3 aromatic rings. The van der Waals surface area contributed by atoms with E-state index in [1.807, 2.05) is 0 Å². The first kappa shape index (κ1) is 15.3. The molecule has 0 radical (unpaired) electrons. The maximum atomic E-state index is 12.1. The number of primary amides is 1. The minimum atomic E-state index is -0.711. The first-order chi connectivity index (χ1) is 11.6. The molecule has 7 heteroatoms. The van der Waals surface area contributed by atoms with Gasteiger partial charge in [0.25, 0.3) is 11.8 Å². The van der Waals surface area contributed by atoms with Crippen LogP contribution < -0.4 is 22.4 Å². The molecule has 0 aliphatic rings. The van der Waals surface area contributed by atoms with Crippen LogP contribution in [0.4, 0.5) is 5.69 Å². The van der Waals surface area contributed by atoms with Crippen LogP contribution >= 0.6 is 0 Å². The average Bonchev–Trinajstić information content (AvgIpc) is 2.59. The molecular formula is C17H14N4O3. The number of para-hydroxylation sites is 2. The molecule has 24 heavy (non-hydrogen) atoms. The van der Waals surface area contributed by atoms with E-state index >= 15 is 0 Å². The number of hydrogen-bond donors (Lipinski definition) is 3. The fourth-order valence-corrected chi connectivity index (χ4v) is 2.19. The molecule has 0 aliphatic heterocycles. The molecule has 1 heterocycles. The molecule has 0 aliphatic carbocycles. The van der Waals surface area contributed by atoms with Crippen molar-refractivity contribution < 1.29 is 14.0 Å². The SMILES string of the molecule is NC(=O)c1cc2ccccc2o/c1=N\NC(=O)c1ccccc1N. The highest BCUT2D eigenvalue weighted by molar-refractivity contribution is 5.99. The number of nitrogen functional groups attached to an aromatic ring is 1. The van der Waals surface area contributed by atoms with E-state index in [9.17, 15) is 9.59 Å². The summed E-state index contributed by atoms with van der Waals surface area (Å²) in [7, 11) is 0. The van der Waals surface area contributed by atoms with Gasteiger partial charge in [0.2, 0.25) is 5.55 Å². The van der Waals surface area contributed by atoms with Crippen LogP contribution in [0.5, 0.6) is 0 Å². The Balaban J connectivity index is 2.03. The summed E-state index contributed by atoms with van der Waals surface area (Å²) in [5.41, 5.74) is 14.5. The lowest BCUT2D eigenvalue weighted by Gasteiger charge is -2.04. The largest absolute Gasteiger partial charge is 0.436 e. The van der Waals surface area contributed by atoms with Crippen molar-refractivity contribution in [1.29, 1.82) is 0 Å². The highest BCUT2D eigenvalue weighted by atomic mass is 16.3. The maximum absolute atomic E-state index is 12.1. The summed E-state index contributed by atoms with van der Waals surface area (Å²) in [6, 6.07) is 15.2. The number of nitrogens with zero attached hydrogens (tertiary/aromatic N) is 1. The highest BCUT2D eigenvalue weighted by Gasteiger charge is 2.11. The second-order valence-electron chi connectivity index (χ2n) is 5.01. The van der Waals surface area contributed by atoms with Crippen LogP contribution in [-0.2, 0) is 0 Å². The van der Waals surface area contributed by atoms with E-state index in [2.05, 4.69) is 10.5 Å². The number of fused-ring (bicyclic) bond motifs is 1. The Hall–Kier alpha value is -3.61. The van der Waals surface area contributed by atoms with E-state index in [-0.39, 0.29) is 16.7 Å². The number of carbonyl (C=O) groups is 2. The molecule has 2 amide bonds. The Morgan fingerprint density at radius 1 is 1.00 bits per heavy atom. The Bertz CT molecular complexity index is 1010. The van der Waals surface area contributed by atoms with Crippen LogP contribution in [-0.4, -0.2) is 11.8 Å². The summed E-state index contributed by atoms with van der Waals surface area (Å²) in [5, 5.41) is 4.57. The van der Waals surface area contributed by atoms with E-state index in [4.69, 9.17) is 15.9 Å². The zero-order chi connectivity index (χ0) is 17.1. The quantitative estimate of drug-likeness (QED) is 0.497. The van der Waals surface area contributed by atoms with Gasteiger partial charge in [0.05, 0.1) is 5.56 Å². The van der Waals surface area contributed by atoms with E-state index < -0.39 is 11.8 Å². The van der Waals surface area contributed by atoms with Crippen molar-refractivity contribution in [2.24, 2.45) is 10.8 Å². The van der Waals surface area contributed by atoms with E-state index in [1.54, 1.807) is 54.6 Å². The lowest BCUT2D eigenvalue weighted by atomic mass is 10.2. The van der Waals surface area contributed by atoms with Gasteiger partial charge in [0.1, 0.15) is 11.1 Å². The lowest BCUT2D eigenvalue weighted by Crippen LogP contribution is -2.27. The van der Waals surface area contributed by atoms with Crippen molar-refractivity contribution in [2.45, 2.75) is 0 Å². The number of carbonyl (C=O) groups excluding carboxylic acids is 2. The fraction of sp³-hybridized carbons (Fsp3) is 0. The van der Waals surface area contributed by atoms with Crippen molar-refractivity contribution in [3.05, 3.63) is 71.3 Å². The summed E-state index contributed by atoms with van der Waals surface area (Å²) < 4.78 is 5.56. The second kappa shape index (κ2) is 6.25. The molecule has 0 atom stereocenters. The van der Waals surface area contributed by atoms with Gasteiger partial charge in [-0.3, -0.25) is 9.59 Å². The monoisotopic (exact) mass is 322 g/mol. The zero-order valence-corrected chi connectivity index (χ0v) is 12.5. The number of anilines is 1. The van der Waals surface area contributed by atoms with E-state index in [0.717, 1.165) is 0 Å². The Morgan fingerprint density at radius 2 is 1.71 bits per heavy atom. The predicted octanol–water partition coefficient (Wildman–Crippen LogP) is 1.36. The Morgan fingerprint density at radius 3 is 2.46 bits per heavy atom. The predicted molar refractivity (Wildman–Crippen MR) is 88.6 cm³/mol. The van der Waals surface area contributed by atoms with Gasteiger partial charge >= 0.3 is 0 Å². The molecule has 0 saturated heterocycles. The van der Waals surface area contributed by atoms with Crippen molar-refractivity contribution in [3.63, 3.8) is 0 Å². The van der Waals surface area contributed by atoms with Crippen LogP contribution in [0.2, 0.25) is 0 Å². The van der Waals surface area contributed by atoms with Crippen LogP contribution in [0.1, 0.15) is 20.7 Å². The third-order valence-electron chi connectivity index (χ3n) is 3.39. The molecule has 0 saturated carbocycles.